The van der Waals surface area contributed by atoms with Crippen LogP contribution in [0.2, 0.25) is 0 Å². The molecule has 1 amide bonds. The molecule has 0 aliphatic heterocycles. The van der Waals surface area contributed by atoms with Gasteiger partial charge in [-0.2, -0.15) is 0 Å². The summed E-state index contributed by atoms with van der Waals surface area (Å²) in [4.78, 5) is 16.0. The summed E-state index contributed by atoms with van der Waals surface area (Å²) in [5.74, 6) is 0.171. The number of hydrogen-bond acceptors (Lipinski definition) is 4. The Morgan fingerprint density at radius 2 is 2.11 bits per heavy atom. The number of benzene rings is 1. The second kappa shape index (κ2) is 6.58. The first kappa shape index (κ1) is 13.9. The van der Waals surface area contributed by atoms with E-state index in [9.17, 15) is 4.79 Å². The first-order chi connectivity index (χ1) is 9.16. The Morgan fingerprint density at radius 3 is 2.84 bits per heavy atom. The maximum absolute atomic E-state index is 11.8. The summed E-state index contributed by atoms with van der Waals surface area (Å²) < 4.78 is 0.882. The van der Waals surface area contributed by atoms with E-state index < -0.39 is 0 Å². The van der Waals surface area contributed by atoms with Gasteiger partial charge >= 0.3 is 0 Å². The minimum absolute atomic E-state index is 0.111. The van der Waals surface area contributed by atoms with E-state index in [1.165, 1.54) is 11.8 Å². The molecule has 0 bridgehead atoms. The third-order valence-electron chi connectivity index (χ3n) is 2.30. The van der Waals surface area contributed by atoms with Crippen LogP contribution >= 0.6 is 27.7 Å². The third kappa shape index (κ3) is 3.97. The van der Waals surface area contributed by atoms with Gasteiger partial charge in [0, 0.05) is 10.7 Å². The van der Waals surface area contributed by atoms with Crippen molar-refractivity contribution in [3.05, 3.63) is 47.1 Å². The van der Waals surface area contributed by atoms with Gasteiger partial charge in [0.1, 0.15) is 5.03 Å². The Bertz CT molecular complexity index is 592. The highest BCUT2D eigenvalue weighted by Crippen LogP contribution is 2.25. The SMILES string of the molecule is Nc1ccccc1NC(=O)CSc1ncccc1Br. The van der Waals surface area contributed by atoms with E-state index in [-0.39, 0.29) is 11.7 Å². The smallest absolute Gasteiger partial charge is 0.234 e. The third-order valence-corrected chi connectivity index (χ3v) is 4.21. The van der Waals surface area contributed by atoms with Gasteiger partial charge < -0.3 is 11.1 Å². The van der Waals surface area contributed by atoms with Crippen LogP contribution in [0.5, 0.6) is 0 Å². The number of nitrogens with zero attached hydrogens (tertiary/aromatic N) is 1. The maximum Gasteiger partial charge on any atom is 0.234 e. The lowest BCUT2D eigenvalue weighted by Crippen LogP contribution is -2.15. The van der Waals surface area contributed by atoms with E-state index in [1.54, 1.807) is 18.3 Å². The van der Waals surface area contributed by atoms with Crippen LogP contribution in [0.25, 0.3) is 0 Å². The highest BCUT2D eigenvalue weighted by molar-refractivity contribution is 9.10. The van der Waals surface area contributed by atoms with Crippen LogP contribution < -0.4 is 11.1 Å². The number of rotatable bonds is 4. The first-order valence-corrected chi connectivity index (χ1v) is 7.32. The van der Waals surface area contributed by atoms with Crippen LogP contribution in [-0.4, -0.2) is 16.6 Å². The molecule has 0 fully saturated rings. The molecule has 0 aliphatic rings. The Balaban J connectivity index is 1.92. The molecule has 0 aliphatic carbocycles. The molecule has 0 unspecified atom stereocenters. The fourth-order valence-electron chi connectivity index (χ4n) is 1.41. The lowest BCUT2D eigenvalue weighted by molar-refractivity contribution is -0.113. The van der Waals surface area contributed by atoms with Gasteiger partial charge in [0.2, 0.25) is 5.91 Å². The average molecular weight is 338 g/mol. The van der Waals surface area contributed by atoms with Gasteiger partial charge in [-0.25, -0.2) is 4.98 Å². The van der Waals surface area contributed by atoms with Crippen LogP contribution in [0.4, 0.5) is 11.4 Å². The van der Waals surface area contributed by atoms with Gasteiger partial charge in [-0.3, -0.25) is 4.79 Å². The predicted molar refractivity (Wildman–Crippen MR) is 82.1 cm³/mol. The fourth-order valence-corrected chi connectivity index (χ4v) is 2.69. The van der Waals surface area contributed by atoms with Crippen molar-refractivity contribution in [2.75, 3.05) is 16.8 Å². The average Bonchev–Trinajstić information content (AvgIpc) is 2.40. The molecule has 6 heteroatoms. The maximum atomic E-state index is 11.8. The van der Waals surface area contributed by atoms with Gasteiger partial charge in [-0.05, 0) is 40.2 Å². The Kier molecular flexibility index (Phi) is 4.81. The van der Waals surface area contributed by atoms with Crippen molar-refractivity contribution in [1.29, 1.82) is 0 Å². The molecule has 1 heterocycles. The topological polar surface area (TPSA) is 68.0 Å². The van der Waals surface area contributed by atoms with E-state index >= 15 is 0 Å². The summed E-state index contributed by atoms with van der Waals surface area (Å²) >= 11 is 4.76. The minimum Gasteiger partial charge on any atom is -0.397 e. The second-order valence-electron chi connectivity index (χ2n) is 3.71. The molecule has 0 saturated heterocycles. The number of para-hydroxylation sites is 2. The van der Waals surface area contributed by atoms with Crippen molar-refractivity contribution >= 4 is 45.0 Å². The van der Waals surface area contributed by atoms with Gasteiger partial charge in [0.25, 0.3) is 0 Å². The highest BCUT2D eigenvalue weighted by atomic mass is 79.9. The molecule has 0 spiro atoms. The summed E-state index contributed by atoms with van der Waals surface area (Å²) in [5.41, 5.74) is 6.95. The van der Waals surface area contributed by atoms with Crippen molar-refractivity contribution in [1.82, 2.24) is 4.98 Å². The normalized spacial score (nSPS) is 10.2. The van der Waals surface area contributed by atoms with Crippen LogP contribution in [0.3, 0.4) is 0 Å². The number of nitrogens with two attached hydrogens (primary N) is 1. The molecule has 1 aromatic heterocycles. The summed E-state index contributed by atoms with van der Waals surface area (Å²) in [7, 11) is 0. The van der Waals surface area contributed by atoms with Gasteiger partial charge in [-0.15, -0.1) is 0 Å². The number of halogens is 1. The number of pyridine rings is 1. The zero-order chi connectivity index (χ0) is 13.7. The Morgan fingerprint density at radius 1 is 1.32 bits per heavy atom. The van der Waals surface area contributed by atoms with Crippen molar-refractivity contribution in [2.45, 2.75) is 5.03 Å². The van der Waals surface area contributed by atoms with Crippen molar-refractivity contribution in [3.63, 3.8) is 0 Å². The number of anilines is 2. The first-order valence-electron chi connectivity index (χ1n) is 5.54. The fraction of sp³-hybridized carbons (Fsp3) is 0.0769. The lowest BCUT2D eigenvalue weighted by atomic mass is 10.3. The van der Waals surface area contributed by atoms with Crippen molar-refractivity contribution in [3.8, 4) is 0 Å². The van der Waals surface area contributed by atoms with Crippen LogP contribution in [0, 0.1) is 0 Å². The van der Waals surface area contributed by atoms with E-state index in [2.05, 4.69) is 26.2 Å². The lowest BCUT2D eigenvalue weighted by Gasteiger charge is -2.07. The molecular weight excluding hydrogens is 326 g/mol. The number of carbonyl (C=O) groups is 1. The Hall–Kier alpha value is -1.53. The van der Waals surface area contributed by atoms with E-state index in [0.29, 0.717) is 11.4 Å². The molecule has 98 valence electrons. The molecule has 19 heavy (non-hydrogen) atoms. The number of thioether (sulfide) groups is 1. The van der Waals surface area contributed by atoms with E-state index in [4.69, 9.17) is 5.73 Å². The van der Waals surface area contributed by atoms with Gasteiger partial charge in [0.15, 0.2) is 0 Å². The molecule has 2 aromatic rings. The molecule has 2 rings (SSSR count). The second-order valence-corrected chi connectivity index (χ2v) is 5.53. The van der Waals surface area contributed by atoms with E-state index in [1.807, 2.05) is 24.3 Å². The number of amides is 1. The van der Waals surface area contributed by atoms with Gasteiger partial charge in [-0.1, -0.05) is 23.9 Å². The number of nitrogen functional groups attached to an aromatic ring is 1. The number of nitrogens with one attached hydrogen (secondary N) is 1. The monoisotopic (exact) mass is 337 g/mol. The number of hydrogen-bond donors (Lipinski definition) is 2. The minimum atomic E-state index is -0.111. The van der Waals surface area contributed by atoms with Crippen molar-refractivity contribution in [2.24, 2.45) is 0 Å². The van der Waals surface area contributed by atoms with Crippen molar-refractivity contribution < 1.29 is 4.79 Å². The molecule has 1 aromatic carbocycles. The summed E-state index contributed by atoms with van der Waals surface area (Å²) in [5, 5.41) is 3.56. The number of carbonyl (C=O) groups excluding carboxylic acids is 1. The van der Waals surface area contributed by atoms with Crippen LogP contribution in [-0.2, 0) is 4.79 Å². The summed E-state index contributed by atoms with van der Waals surface area (Å²) in [6.45, 7) is 0. The zero-order valence-corrected chi connectivity index (χ0v) is 12.4. The molecule has 4 nitrogen and oxygen atoms in total. The Labute approximate surface area is 123 Å². The molecule has 0 radical (unpaired) electrons. The standard InChI is InChI=1S/C13H12BrN3OS/c14-9-4-3-7-16-13(9)19-8-12(18)17-11-6-2-1-5-10(11)15/h1-7H,8,15H2,(H,17,18). The predicted octanol–water partition coefficient (Wildman–Crippen LogP) is 3.16. The molecular formula is C13H12BrN3OS. The molecule has 0 saturated carbocycles. The zero-order valence-electron chi connectivity index (χ0n) is 9.97. The molecule has 3 N–H and O–H groups in total. The number of aromatic nitrogens is 1. The quantitative estimate of drug-likeness (QED) is 0.664. The van der Waals surface area contributed by atoms with Crippen LogP contribution in [0.15, 0.2) is 52.1 Å². The molecule has 0 atom stereocenters. The largest absolute Gasteiger partial charge is 0.397 e. The summed E-state index contributed by atoms with van der Waals surface area (Å²) in [6.07, 6.45) is 1.69. The van der Waals surface area contributed by atoms with E-state index in [0.717, 1.165) is 9.50 Å². The van der Waals surface area contributed by atoms with Gasteiger partial charge in [0.05, 0.1) is 17.1 Å². The van der Waals surface area contributed by atoms with Crippen LogP contribution in [0.1, 0.15) is 0 Å². The summed E-state index contributed by atoms with van der Waals surface area (Å²) in [6, 6.07) is 10.9. The highest BCUT2D eigenvalue weighted by Gasteiger charge is 2.07.